The molecule has 0 atom stereocenters. The maximum atomic E-state index is 14.2. The molecule has 7 nitrogen and oxygen atoms in total. The predicted molar refractivity (Wildman–Crippen MR) is 124 cm³/mol. The average Bonchev–Trinajstić information content (AvgIpc) is 2.81. The molecule has 0 amide bonds. The van der Waals surface area contributed by atoms with Gasteiger partial charge >= 0.3 is 19.5 Å². The van der Waals surface area contributed by atoms with Crippen LogP contribution in [0.1, 0.15) is 5.56 Å². The van der Waals surface area contributed by atoms with E-state index in [1.165, 1.54) is 24.3 Å². The van der Waals surface area contributed by atoms with Crippen LogP contribution >= 0.6 is 7.60 Å². The van der Waals surface area contributed by atoms with Crippen LogP contribution in [0.15, 0.2) is 98.1 Å². The molecule has 0 aliphatic heterocycles. The van der Waals surface area contributed by atoms with Gasteiger partial charge in [-0.2, -0.15) is 0 Å². The monoisotopic (exact) mass is 464 g/mol. The van der Waals surface area contributed by atoms with Crippen LogP contribution < -0.4 is 23.8 Å². The van der Waals surface area contributed by atoms with Gasteiger partial charge in [-0.15, -0.1) is 0 Å². The summed E-state index contributed by atoms with van der Waals surface area (Å²) in [4.78, 5) is 23.5. The number of hydrogen-bond acceptors (Lipinski definition) is 7. The molecule has 168 valence electrons. The third kappa shape index (κ3) is 5.79. The number of ether oxygens (including phenoxy) is 2. The maximum absolute atomic E-state index is 14.2. The van der Waals surface area contributed by atoms with Crippen LogP contribution in [-0.2, 0) is 14.2 Å². The Morgan fingerprint density at radius 1 is 0.697 bits per heavy atom. The molecular formula is C25H21O7P. The minimum Gasteiger partial charge on any atom is -0.419 e. The number of aryl methyl sites for hydroxylation is 1. The zero-order valence-corrected chi connectivity index (χ0v) is 18.7. The molecule has 0 heterocycles. The first kappa shape index (κ1) is 23.6. The van der Waals surface area contributed by atoms with Crippen molar-refractivity contribution in [1.82, 2.24) is 0 Å². The first-order valence-corrected chi connectivity index (χ1v) is 11.3. The third-order valence-electron chi connectivity index (χ3n) is 4.30. The molecule has 0 aromatic heterocycles. The van der Waals surface area contributed by atoms with Crippen molar-refractivity contribution in [2.24, 2.45) is 0 Å². The fraction of sp³-hybridized carbons (Fsp3) is 0.0400. The highest BCUT2D eigenvalue weighted by Gasteiger charge is 2.35. The second-order valence-electron chi connectivity index (χ2n) is 6.61. The molecule has 0 radical (unpaired) electrons. The van der Waals surface area contributed by atoms with Gasteiger partial charge in [-0.1, -0.05) is 55.6 Å². The molecular weight excluding hydrogens is 443 g/mol. The number of carbonyl (C=O) groups is 2. The molecule has 0 aliphatic carbocycles. The summed E-state index contributed by atoms with van der Waals surface area (Å²) >= 11 is 0. The Labute approximate surface area is 191 Å². The van der Waals surface area contributed by atoms with E-state index in [1.807, 2.05) is 0 Å². The standard InChI is InChI=1S/C25H21O7P/c1-4-24(26)29-19-13-7-9-15-21(19)31-33(28,23-17-11-6-12-18(23)3)32-22-16-10-8-14-20(22)30-25(27)5-2/h4-17H,1-2H2,3H3. The van der Waals surface area contributed by atoms with Gasteiger partial charge < -0.3 is 18.5 Å². The molecule has 33 heavy (non-hydrogen) atoms. The number of benzene rings is 3. The lowest BCUT2D eigenvalue weighted by Gasteiger charge is -2.23. The first-order chi connectivity index (χ1) is 15.9. The van der Waals surface area contributed by atoms with Crippen LogP contribution in [0.25, 0.3) is 0 Å². The van der Waals surface area contributed by atoms with Crippen molar-refractivity contribution < 1.29 is 32.7 Å². The summed E-state index contributed by atoms with van der Waals surface area (Å²) in [7, 11) is -4.15. The van der Waals surface area contributed by atoms with Gasteiger partial charge in [-0.25, -0.2) is 14.2 Å². The fourth-order valence-electron chi connectivity index (χ4n) is 2.77. The minimum absolute atomic E-state index is 0.0138. The van der Waals surface area contributed by atoms with E-state index in [1.54, 1.807) is 55.5 Å². The summed E-state index contributed by atoms with van der Waals surface area (Å²) in [6.07, 6.45) is 2.00. The van der Waals surface area contributed by atoms with E-state index in [2.05, 4.69) is 13.2 Å². The lowest BCUT2D eigenvalue weighted by atomic mass is 10.2. The Bertz CT molecular complexity index is 1180. The van der Waals surface area contributed by atoms with E-state index in [9.17, 15) is 14.2 Å². The van der Waals surface area contributed by atoms with Gasteiger partial charge in [0.1, 0.15) is 0 Å². The summed E-state index contributed by atoms with van der Waals surface area (Å²) in [6.45, 7) is 8.50. The van der Waals surface area contributed by atoms with Crippen molar-refractivity contribution in [1.29, 1.82) is 0 Å². The van der Waals surface area contributed by atoms with E-state index >= 15 is 0 Å². The van der Waals surface area contributed by atoms with Crippen LogP contribution in [-0.4, -0.2) is 11.9 Å². The summed E-state index contributed by atoms with van der Waals surface area (Å²) in [5, 5.41) is 0.278. The largest absolute Gasteiger partial charge is 0.463 e. The van der Waals surface area contributed by atoms with Crippen molar-refractivity contribution in [3.05, 3.63) is 104 Å². The molecule has 3 aromatic carbocycles. The highest BCUT2D eigenvalue weighted by molar-refractivity contribution is 7.63. The molecule has 0 bridgehead atoms. The molecule has 3 aromatic rings. The van der Waals surface area contributed by atoms with Gasteiger partial charge in [0.05, 0.1) is 5.30 Å². The molecule has 3 rings (SSSR count). The Morgan fingerprint density at radius 2 is 1.09 bits per heavy atom. The number of hydrogen-bond donors (Lipinski definition) is 0. The summed E-state index contributed by atoms with van der Waals surface area (Å²) in [6, 6.07) is 19.3. The van der Waals surface area contributed by atoms with Crippen LogP contribution in [0.2, 0.25) is 0 Å². The Balaban J connectivity index is 2.08. The normalized spacial score (nSPS) is 10.6. The van der Waals surface area contributed by atoms with Gasteiger partial charge in [-0.05, 0) is 42.8 Å². The SMILES string of the molecule is C=CC(=O)Oc1ccccc1OP(=O)(Oc1ccccc1OC(=O)C=C)c1ccccc1C. The third-order valence-corrected chi connectivity index (χ3v) is 6.27. The van der Waals surface area contributed by atoms with E-state index < -0.39 is 19.5 Å². The zero-order chi connectivity index (χ0) is 23.8. The highest BCUT2D eigenvalue weighted by atomic mass is 31.2. The molecule has 0 aliphatic rings. The van der Waals surface area contributed by atoms with Crippen molar-refractivity contribution in [3.8, 4) is 23.0 Å². The van der Waals surface area contributed by atoms with Crippen molar-refractivity contribution >= 4 is 24.8 Å². The molecule has 0 saturated carbocycles. The summed E-state index contributed by atoms with van der Waals surface area (Å²) in [5.41, 5.74) is 0.641. The highest BCUT2D eigenvalue weighted by Crippen LogP contribution is 2.52. The number of rotatable bonds is 9. The molecule has 0 spiro atoms. The van der Waals surface area contributed by atoms with Crippen LogP contribution in [0, 0.1) is 6.92 Å². The molecule has 0 unspecified atom stereocenters. The Hall–Kier alpha value is -4.09. The van der Waals surface area contributed by atoms with Gasteiger partial charge in [0, 0.05) is 12.2 Å². The predicted octanol–water partition coefficient (Wildman–Crippen LogP) is 5.15. The molecule has 0 fully saturated rings. The van der Waals surface area contributed by atoms with Crippen LogP contribution in [0.5, 0.6) is 23.0 Å². The average molecular weight is 464 g/mol. The molecule has 0 saturated heterocycles. The number of para-hydroxylation sites is 4. The Kier molecular flexibility index (Phi) is 7.49. The van der Waals surface area contributed by atoms with E-state index in [4.69, 9.17) is 18.5 Å². The van der Waals surface area contributed by atoms with Crippen molar-refractivity contribution in [3.63, 3.8) is 0 Å². The van der Waals surface area contributed by atoms with Gasteiger partial charge in [0.15, 0.2) is 23.0 Å². The molecule has 8 heteroatoms. The van der Waals surface area contributed by atoms with Gasteiger partial charge in [-0.3, -0.25) is 0 Å². The van der Waals surface area contributed by atoms with Gasteiger partial charge in [0.2, 0.25) is 0 Å². The second-order valence-corrected chi connectivity index (χ2v) is 8.45. The quantitative estimate of drug-likeness (QED) is 0.187. The second kappa shape index (κ2) is 10.5. The lowest BCUT2D eigenvalue weighted by molar-refractivity contribution is -0.129. The van der Waals surface area contributed by atoms with E-state index in [0.29, 0.717) is 5.56 Å². The number of carbonyl (C=O) groups excluding carboxylic acids is 2. The maximum Gasteiger partial charge on any atom is 0.463 e. The summed E-state index contributed by atoms with van der Waals surface area (Å²) in [5.74, 6) is -1.32. The Morgan fingerprint density at radius 3 is 1.52 bits per heavy atom. The first-order valence-electron chi connectivity index (χ1n) is 9.78. The summed E-state index contributed by atoms with van der Waals surface area (Å²) < 4.78 is 36.4. The number of esters is 2. The van der Waals surface area contributed by atoms with E-state index in [0.717, 1.165) is 12.2 Å². The van der Waals surface area contributed by atoms with Crippen LogP contribution in [0.4, 0.5) is 0 Å². The molecule has 0 N–H and O–H groups in total. The fourth-order valence-corrected chi connectivity index (χ4v) is 4.60. The lowest BCUT2D eigenvalue weighted by Crippen LogP contribution is -2.18. The van der Waals surface area contributed by atoms with E-state index in [-0.39, 0.29) is 28.3 Å². The minimum atomic E-state index is -4.15. The van der Waals surface area contributed by atoms with Gasteiger partial charge in [0.25, 0.3) is 0 Å². The van der Waals surface area contributed by atoms with Crippen molar-refractivity contribution in [2.45, 2.75) is 6.92 Å². The topological polar surface area (TPSA) is 88.1 Å². The van der Waals surface area contributed by atoms with Crippen LogP contribution in [0.3, 0.4) is 0 Å². The van der Waals surface area contributed by atoms with Crippen molar-refractivity contribution in [2.75, 3.05) is 0 Å². The smallest absolute Gasteiger partial charge is 0.419 e. The zero-order valence-electron chi connectivity index (χ0n) is 17.8.